The molecule has 0 unspecified atom stereocenters. The predicted molar refractivity (Wildman–Crippen MR) is 184 cm³/mol. The molecule has 0 aliphatic carbocycles. The van der Waals surface area contributed by atoms with E-state index in [4.69, 9.17) is 17.0 Å². The van der Waals surface area contributed by atoms with Crippen molar-refractivity contribution in [2.24, 2.45) is 0 Å². The zero-order valence-corrected chi connectivity index (χ0v) is 29.4. The Balaban J connectivity index is 0.000000146. The number of fused-ring (bicyclic) bond motifs is 2. The van der Waals surface area contributed by atoms with Gasteiger partial charge in [0, 0.05) is 0 Å². The average molecular weight is 671 g/mol. The van der Waals surface area contributed by atoms with E-state index in [-0.39, 0.29) is 10.8 Å². The van der Waals surface area contributed by atoms with Crippen LogP contribution in [0.1, 0.15) is 63.8 Å². The molecule has 0 fully saturated rings. The van der Waals surface area contributed by atoms with Gasteiger partial charge in [-0.2, -0.15) is 12.1 Å². The van der Waals surface area contributed by atoms with E-state index in [0.29, 0.717) is 0 Å². The SMILES string of the molecule is CC(C)(C)c1cc2ccccc2[cH-]1.CC(C)(C)c1cc2ccccc2[cH-]1.[Cl][Zr]([Cl])=[C](c1ccccc1)c1ccccc1. The van der Waals surface area contributed by atoms with Gasteiger partial charge in [0.05, 0.1) is 0 Å². The number of rotatable bonds is 2. The van der Waals surface area contributed by atoms with Crippen molar-refractivity contribution in [1.82, 2.24) is 0 Å². The van der Waals surface area contributed by atoms with Crippen LogP contribution in [0, 0.1) is 0 Å². The van der Waals surface area contributed by atoms with Crippen molar-refractivity contribution in [3.8, 4) is 0 Å². The standard InChI is InChI=1S/2C13H15.C13H10.2ClH.Zr/c2*1-13(2,3)12-8-10-6-4-5-7-11(10)9-12;1-3-7-12(8-4-1)11-13-9-5-2-6-10-13;;;/h2*4-9H,1-3H3;1-10H;2*1H;/q2*-1;;;;+2/p-2. The van der Waals surface area contributed by atoms with Crippen LogP contribution < -0.4 is 0 Å². The molecule has 0 saturated carbocycles. The van der Waals surface area contributed by atoms with E-state index in [2.05, 4.69) is 139 Å². The van der Waals surface area contributed by atoms with Gasteiger partial charge in [0.25, 0.3) is 0 Å². The van der Waals surface area contributed by atoms with Crippen LogP contribution in [0.25, 0.3) is 21.5 Å². The maximum atomic E-state index is 6.24. The molecule has 0 aliphatic rings. The topological polar surface area (TPSA) is 0 Å². The number of benzene rings is 4. The third-order valence-electron chi connectivity index (χ3n) is 7.28. The van der Waals surface area contributed by atoms with Crippen molar-refractivity contribution < 1.29 is 18.9 Å². The van der Waals surface area contributed by atoms with E-state index in [1.807, 2.05) is 36.4 Å². The second-order valence-electron chi connectivity index (χ2n) is 12.6. The average Bonchev–Trinajstić information content (AvgIpc) is 3.60. The third kappa shape index (κ3) is 8.73. The molecular weight excluding hydrogens is 631 g/mol. The molecule has 0 aromatic heterocycles. The second kappa shape index (κ2) is 14.3. The summed E-state index contributed by atoms with van der Waals surface area (Å²) >= 11 is -2.44. The van der Waals surface area contributed by atoms with Crippen LogP contribution in [0.3, 0.4) is 0 Å². The molecule has 0 aliphatic heterocycles. The van der Waals surface area contributed by atoms with Crippen molar-refractivity contribution in [3.63, 3.8) is 0 Å². The van der Waals surface area contributed by atoms with Crippen molar-refractivity contribution >= 4 is 41.8 Å². The Morgan fingerprint density at radius 3 is 1.14 bits per heavy atom. The van der Waals surface area contributed by atoms with Gasteiger partial charge >= 0.3 is 111 Å². The fraction of sp³-hybridized carbons (Fsp3) is 0.205. The Labute approximate surface area is 266 Å². The molecule has 6 aromatic rings. The fourth-order valence-corrected chi connectivity index (χ4v) is 9.24. The summed E-state index contributed by atoms with van der Waals surface area (Å²) in [6.45, 7) is 13.5. The molecule has 216 valence electrons. The Morgan fingerprint density at radius 1 is 0.500 bits per heavy atom. The summed E-state index contributed by atoms with van der Waals surface area (Å²) in [7, 11) is 12.5. The van der Waals surface area contributed by atoms with Gasteiger partial charge in [-0.1, -0.05) is 53.7 Å². The normalized spacial score (nSPS) is 11.3. The van der Waals surface area contributed by atoms with Crippen LogP contribution in [0.5, 0.6) is 0 Å². The van der Waals surface area contributed by atoms with Gasteiger partial charge in [0.15, 0.2) is 0 Å². The predicted octanol–water partition coefficient (Wildman–Crippen LogP) is 11.9. The van der Waals surface area contributed by atoms with Gasteiger partial charge in [0.1, 0.15) is 0 Å². The van der Waals surface area contributed by atoms with Crippen molar-refractivity contribution in [2.75, 3.05) is 0 Å². The maximum absolute atomic E-state index is 6.24. The minimum absolute atomic E-state index is 0.263. The summed E-state index contributed by atoms with van der Waals surface area (Å²) < 4.78 is 1.15. The molecule has 6 aromatic carbocycles. The quantitative estimate of drug-likeness (QED) is 0.161. The third-order valence-corrected chi connectivity index (χ3v) is 11.9. The monoisotopic (exact) mass is 668 g/mol. The molecule has 0 nitrogen and oxygen atoms in total. The number of hydrogen-bond donors (Lipinski definition) is 0. The zero-order valence-electron chi connectivity index (χ0n) is 25.5. The second-order valence-corrected chi connectivity index (χ2v) is 20.7. The Morgan fingerprint density at radius 2 is 0.833 bits per heavy atom. The van der Waals surface area contributed by atoms with E-state index >= 15 is 0 Å². The number of hydrogen-bond acceptors (Lipinski definition) is 0. The van der Waals surface area contributed by atoms with Gasteiger partial charge in [-0.3, -0.25) is 0 Å². The van der Waals surface area contributed by atoms with Crippen LogP contribution in [0.15, 0.2) is 133 Å². The molecule has 0 amide bonds. The first kappa shape index (κ1) is 32.3. The first-order chi connectivity index (χ1) is 19.9. The molecule has 6 rings (SSSR count). The van der Waals surface area contributed by atoms with E-state index < -0.39 is 18.9 Å². The molecule has 3 heteroatoms. The molecular formula is C39H40Cl2Zr-2. The molecule has 42 heavy (non-hydrogen) atoms. The van der Waals surface area contributed by atoms with Gasteiger partial charge in [-0.05, 0) is 10.8 Å². The van der Waals surface area contributed by atoms with Gasteiger partial charge < -0.3 is 0 Å². The van der Waals surface area contributed by atoms with E-state index in [1.54, 1.807) is 0 Å². The Hall–Kier alpha value is -2.57. The summed E-state index contributed by atoms with van der Waals surface area (Å²) in [5, 5.41) is 5.42. The van der Waals surface area contributed by atoms with Crippen molar-refractivity contribution in [3.05, 3.63) is 156 Å². The van der Waals surface area contributed by atoms with Crippen LogP contribution in [-0.4, -0.2) is 3.21 Å². The molecule has 0 saturated heterocycles. The molecule has 0 heterocycles. The van der Waals surface area contributed by atoms with Gasteiger partial charge in [-0.15, -0.1) is 81.2 Å². The first-order valence-corrected chi connectivity index (χ1v) is 22.0. The van der Waals surface area contributed by atoms with E-state index in [9.17, 15) is 0 Å². The van der Waals surface area contributed by atoms with Crippen LogP contribution in [0.2, 0.25) is 0 Å². The Kier molecular flexibility index (Phi) is 11.0. The summed E-state index contributed by atoms with van der Waals surface area (Å²) in [5.41, 5.74) is 5.67. The summed E-state index contributed by atoms with van der Waals surface area (Å²) in [5.74, 6) is 0. The van der Waals surface area contributed by atoms with E-state index in [1.165, 1.54) is 32.7 Å². The molecule has 0 atom stereocenters. The van der Waals surface area contributed by atoms with Crippen molar-refractivity contribution in [2.45, 2.75) is 52.4 Å². The fourth-order valence-electron chi connectivity index (χ4n) is 4.76. The van der Waals surface area contributed by atoms with Crippen LogP contribution in [-0.2, 0) is 29.7 Å². The summed E-state index contributed by atoms with van der Waals surface area (Å²) in [6.07, 6.45) is 0. The van der Waals surface area contributed by atoms with Gasteiger partial charge in [-0.25, -0.2) is 0 Å². The van der Waals surface area contributed by atoms with Crippen LogP contribution in [0.4, 0.5) is 0 Å². The molecule has 0 N–H and O–H groups in total. The molecule has 0 radical (unpaired) electrons. The van der Waals surface area contributed by atoms with Crippen molar-refractivity contribution in [1.29, 1.82) is 0 Å². The van der Waals surface area contributed by atoms with Crippen LogP contribution >= 0.6 is 17.0 Å². The summed E-state index contributed by atoms with van der Waals surface area (Å²) in [4.78, 5) is 0. The number of halogens is 2. The molecule has 0 bridgehead atoms. The van der Waals surface area contributed by atoms with Gasteiger partial charge in [0.2, 0.25) is 0 Å². The first-order valence-electron chi connectivity index (χ1n) is 14.4. The Bertz CT molecular complexity index is 1550. The van der Waals surface area contributed by atoms with E-state index in [0.717, 1.165) is 14.3 Å². The zero-order chi connectivity index (χ0) is 30.3. The molecule has 0 spiro atoms. The minimum atomic E-state index is -2.44. The summed E-state index contributed by atoms with van der Waals surface area (Å²) in [6, 6.07) is 46.5.